The monoisotopic (exact) mass is 488 g/mol. The van der Waals surface area contributed by atoms with Crippen LogP contribution in [0.2, 0.25) is 0 Å². The number of alkyl halides is 1. The van der Waals surface area contributed by atoms with Crippen molar-refractivity contribution in [3.63, 3.8) is 0 Å². The topological polar surface area (TPSA) is 84.5 Å². The van der Waals surface area contributed by atoms with E-state index >= 15 is 0 Å². The minimum Gasteiger partial charge on any atom is -0.464 e. The summed E-state index contributed by atoms with van der Waals surface area (Å²) in [5.41, 5.74) is 1.79. The third-order valence-electron chi connectivity index (χ3n) is 4.61. The van der Waals surface area contributed by atoms with Crippen molar-refractivity contribution in [2.24, 2.45) is 0 Å². The molecule has 2 amide bonds. The molecule has 166 valence electrons. The fourth-order valence-corrected chi connectivity index (χ4v) is 3.06. The van der Waals surface area contributed by atoms with Crippen LogP contribution in [0.1, 0.15) is 31.9 Å². The van der Waals surface area contributed by atoms with Gasteiger partial charge in [0.2, 0.25) is 11.8 Å². The van der Waals surface area contributed by atoms with E-state index in [1.54, 1.807) is 20.8 Å². The lowest BCUT2D eigenvalue weighted by Gasteiger charge is -2.25. The number of carbonyl (C=O) groups is 3. The molecule has 0 saturated heterocycles. The van der Waals surface area contributed by atoms with E-state index in [1.165, 1.54) is 0 Å². The van der Waals surface area contributed by atoms with Crippen LogP contribution in [0.4, 0.5) is 0 Å². The molecule has 0 aliphatic carbocycles. The van der Waals surface area contributed by atoms with Gasteiger partial charge in [-0.15, -0.1) is 0 Å². The van der Waals surface area contributed by atoms with E-state index in [2.05, 4.69) is 26.6 Å². The second-order valence-electron chi connectivity index (χ2n) is 7.69. The number of rotatable bonds is 10. The molecule has 0 aliphatic heterocycles. The molecule has 0 bridgehead atoms. The lowest BCUT2D eigenvalue weighted by Crippen LogP contribution is -2.55. The maximum absolute atomic E-state index is 13.2. The maximum atomic E-state index is 13.2. The van der Waals surface area contributed by atoms with Crippen molar-refractivity contribution in [3.05, 3.63) is 71.8 Å². The van der Waals surface area contributed by atoms with Gasteiger partial charge in [-0.3, -0.25) is 9.59 Å². The Morgan fingerprint density at radius 1 is 0.871 bits per heavy atom. The molecule has 0 saturated carbocycles. The van der Waals surface area contributed by atoms with Crippen LogP contribution in [0, 0.1) is 0 Å². The smallest absolute Gasteiger partial charge is 0.328 e. The molecule has 2 aromatic carbocycles. The zero-order valence-corrected chi connectivity index (χ0v) is 19.6. The van der Waals surface area contributed by atoms with E-state index in [-0.39, 0.29) is 12.5 Å². The normalized spacial score (nSPS) is 13.0. The van der Waals surface area contributed by atoms with Gasteiger partial charge in [0.25, 0.3) is 0 Å². The number of carbonyl (C=O) groups excluding carboxylic acids is 3. The average Bonchev–Trinajstić information content (AvgIpc) is 2.73. The molecule has 0 unspecified atom stereocenters. The van der Waals surface area contributed by atoms with Gasteiger partial charge in [-0.25, -0.2) is 4.79 Å². The average molecular weight is 489 g/mol. The van der Waals surface area contributed by atoms with Crippen molar-refractivity contribution in [1.82, 2.24) is 10.6 Å². The lowest BCUT2D eigenvalue weighted by molar-refractivity contribution is -0.147. The first-order valence-electron chi connectivity index (χ1n) is 10.3. The highest BCUT2D eigenvalue weighted by Gasteiger charge is 2.31. The summed E-state index contributed by atoms with van der Waals surface area (Å²) >= 11 is 3.33. The molecule has 0 heterocycles. The van der Waals surface area contributed by atoms with Crippen LogP contribution in [-0.2, 0) is 32.0 Å². The van der Waals surface area contributed by atoms with Crippen molar-refractivity contribution in [2.45, 2.75) is 50.0 Å². The molecule has 31 heavy (non-hydrogen) atoms. The minimum atomic E-state index is -0.859. The summed E-state index contributed by atoms with van der Waals surface area (Å²) in [6, 6.07) is 17.1. The van der Waals surface area contributed by atoms with Gasteiger partial charge < -0.3 is 15.4 Å². The molecule has 2 rings (SSSR count). The number of amides is 2. The first kappa shape index (κ1) is 24.6. The molecule has 0 aromatic heterocycles. The van der Waals surface area contributed by atoms with Crippen LogP contribution in [0.3, 0.4) is 0 Å². The molecule has 2 aromatic rings. The second kappa shape index (κ2) is 11.6. The Morgan fingerprint density at radius 2 is 1.35 bits per heavy atom. The summed E-state index contributed by atoms with van der Waals surface area (Å²) in [6.45, 7) is 5.34. The molecule has 2 atom stereocenters. The standard InChI is InChI=1S/C24H29BrN2O4/c1-4-31-22(29)20(16-18-13-9-6-10-14-18)26-21(28)19(27-23(30)24(2,3)25)15-17-11-7-5-8-12-17/h5-14,19-20H,4,15-16H2,1-3H3,(H,26,28)(H,27,30)/t19-,20+/m0/s1. The Hall–Kier alpha value is -2.67. The SMILES string of the molecule is CCOC(=O)[C@@H](Cc1ccccc1)NC(=O)[C@H](Cc1ccccc1)NC(=O)C(C)(C)Br. The molecule has 0 spiro atoms. The van der Waals surface area contributed by atoms with Gasteiger partial charge in [0, 0.05) is 12.8 Å². The third kappa shape index (κ3) is 8.17. The number of esters is 1. The minimum absolute atomic E-state index is 0.210. The van der Waals surface area contributed by atoms with Crippen LogP contribution in [0.25, 0.3) is 0 Å². The van der Waals surface area contributed by atoms with Crippen molar-refractivity contribution < 1.29 is 19.1 Å². The van der Waals surface area contributed by atoms with Gasteiger partial charge in [0.05, 0.1) is 10.9 Å². The van der Waals surface area contributed by atoms with Crippen molar-refractivity contribution in [2.75, 3.05) is 6.61 Å². The highest BCUT2D eigenvalue weighted by Crippen LogP contribution is 2.16. The second-order valence-corrected chi connectivity index (χ2v) is 9.67. The Kier molecular flexibility index (Phi) is 9.24. The van der Waals surface area contributed by atoms with Crippen LogP contribution >= 0.6 is 15.9 Å². The van der Waals surface area contributed by atoms with E-state index < -0.39 is 28.3 Å². The van der Waals surface area contributed by atoms with Crippen LogP contribution in [0.15, 0.2) is 60.7 Å². The lowest BCUT2D eigenvalue weighted by atomic mass is 10.0. The number of nitrogens with one attached hydrogen (secondary N) is 2. The molecular formula is C24H29BrN2O4. The molecule has 7 heteroatoms. The van der Waals surface area contributed by atoms with Crippen LogP contribution < -0.4 is 10.6 Å². The Bertz CT molecular complexity index is 866. The van der Waals surface area contributed by atoms with Crippen LogP contribution in [-0.4, -0.2) is 40.8 Å². The van der Waals surface area contributed by atoms with Gasteiger partial charge in [0.1, 0.15) is 12.1 Å². The highest BCUT2D eigenvalue weighted by molar-refractivity contribution is 9.10. The van der Waals surface area contributed by atoms with E-state index in [9.17, 15) is 14.4 Å². The van der Waals surface area contributed by atoms with Crippen molar-refractivity contribution >= 4 is 33.7 Å². The number of halogens is 1. The molecule has 0 aliphatic rings. The molecule has 2 N–H and O–H groups in total. The van der Waals surface area contributed by atoms with Gasteiger partial charge >= 0.3 is 5.97 Å². The molecule has 0 radical (unpaired) electrons. The molecular weight excluding hydrogens is 460 g/mol. The van der Waals surface area contributed by atoms with Crippen LogP contribution in [0.5, 0.6) is 0 Å². The zero-order chi connectivity index (χ0) is 22.9. The molecule has 6 nitrogen and oxygen atoms in total. The Morgan fingerprint density at radius 3 is 1.81 bits per heavy atom. The summed E-state index contributed by atoms with van der Waals surface area (Å²) in [6.07, 6.45) is 0.587. The fourth-order valence-electron chi connectivity index (χ4n) is 2.95. The van der Waals surface area contributed by atoms with Crippen molar-refractivity contribution in [1.29, 1.82) is 0 Å². The first-order chi connectivity index (χ1) is 14.7. The summed E-state index contributed by atoms with van der Waals surface area (Å²) < 4.78 is 4.32. The van der Waals surface area contributed by atoms with E-state index in [0.29, 0.717) is 12.8 Å². The van der Waals surface area contributed by atoms with Crippen molar-refractivity contribution in [3.8, 4) is 0 Å². The predicted molar refractivity (Wildman–Crippen MR) is 124 cm³/mol. The number of hydrogen-bond donors (Lipinski definition) is 2. The first-order valence-corrected chi connectivity index (χ1v) is 11.0. The Balaban J connectivity index is 2.22. The zero-order valence-electron chi connectivity index (χ0n) is 18.1. The summed E-state index contributed by atoms with van der Waals surface area (Å²) in [5.74, 6) is -1.27. The number of benzene rings is 2. The van der Waals surface area contributed by atoms with E-state index in [0.717, 1.165) is 11.1 Å². The largest absolute Gasteiger partial charge is 0.464 e. The molecule has 0 fully saturated rings. The summed E-state index contributed by atoms with van der Waals surface area (Å²) in [4.78, 5) is 38.2. The quantitative estimate of drug-likeness (QED) is 0.397. The van der Waals surface area contributed by atoms with Gasteiger partial charge in [0.15, 0.2) is 0 Å². The van der Waals surface area contributed by atoms with E-state index in [1.807, 2.05) is 60.7 Å². The van der Waals surface area contributed by atoms with E-state index in [4.69, 9.17) is 4.74 Å². The van der Waals surface area contributed by atoms with Gasteiger partial charge in [-0.1, -0.05) is 76.6 Å². The van der Waals surface area contributed by atoms with Gasteiger partial charge in [-0.2, -0.15) is 0 Å². The highest BCUT2D eigenvalue weighted by atomic mass is 79.9. The summed E-state index contributed by atoms with van der Waals surface area (Å²) in [7, 11) is 0. The number of hydrogen-bond acceptors (Lipinski definition) is 4. The third-order valence-corrected chi connectivity index (χ3v) is 4.97. The predicted octanol–water partition coefficient (Wildman–Crippen LogP) is 3.18. The fraction of sp³-hybridized carbons (Fsp3) is 0.375. The number of ether oxygens (including phenoxy) is 1. The Labute approximate surface area is 191 Å². The van der Waals surface area contributed by atoms with Gasteiger partial charge in [-0.05, 0) is 31.9 Å². The maximum Gasteiger partial charge on any atom is 0.328 e. The summed E-state index contributed by atoms with van der Waals surface area (Å²) in [5, 5.41) is 5.58.